The lowest BCUT2D eigenvalue weighted by Gasteiger charge is -2.37. The van der Waals surface area contributed by atoms with Crippen LogP contribution in [0.4, 0.5) is 5.82 Å². The predicted octanol–water partition coefficient (Wildman–Crippen LogP) is 3.88. The van der Waals surface area contributed by atoms with Crippen LogP contribution in [0.25, 0.3) is 11.0 Å². The second-order valence-corrected chi connectivity index (χ2v) is 6.87. The Kier molecular flexibility index (Phi) is 4.37. The van der Waals surface area contributed by atoms with Gasteiger partial charge in [0.15, 0.2) is 5.76 Å². The number of aryl methyl sites for hydroxylation is 1. The Morgan fingerprint density at radius 3 is 2.58 bits per heavy atom. The molecule has 3 aromatic rings. The van der Waals surface area contributed by atoms with Crippen molar-refractivity contribution in [2.45, 2.75) is 25.8 Å². The first-order valence-electron chi connectivity index (χ1n) is 9.06. The lowest BCUT2D eigenvalue weighted by atomic mass is 10.0. The van der Waals surface area contributed by atoms with Crippen molar-refractivity contribution >= 4 is 22.7 Å². The zero-order chi connectivity index (χ0) is 18.1. The third-order valence-electron chi connectivity index (χ3n) is 5.34. The fourth-order valence-electron chi connectivity index (χ4n) is 3.73. The van der Waals surface area contributed by atoms with E-state index >= 15 is 0 Å². The Labute approximate surface area is 153 Å². The molecule has 0 spiro atoms. The monoisotopic (exact) mass is 349 g/mol. The molecule has 0 aliphatic carbocycles. The van der Waals surface area contributed by atoms with E-state index in [0.29, 0.717) is 5.76 Å². The average Bonchev–Trinajstić information content (AvgIpc) is 3.04. The summed E-state index contributed by atoms with van der Waals surface area (Å²) in [4.78, 5) is 21.5. The quantitative estimate of drug-likeness (QED) is 0.720. The van der Waals surface area contributed by atoms with Crippen molar-refractivity contribution in [2.75, 3.05) is 25.0 Å². The van der Waals surface area contributed by atoms with Crippen LogP contribution in [0.15, 0.2) is 53.1 Å². The van der Waals surface area contributed by atoms with Crippen molar-refractivity contribution in [2.24, 2.45) is 0 Å². The third kappa shape index (κ3) is 2.94. The molecule has 0 unspecified atom stereocenters. The summed E-state index contributed by atoms with van der Waals surface area (Å²) in [6.07, 6.45) is 3.68. The smallest absolute Gasteiger partial charge is 0.289 e. The molecular weight excluding hydrogens is 326 g/mol. The zero-order valence-corrected chi connectivity index (χ0v) is 15.2. The minimum atomic E-state index is -0.0324. The van der Waals surface area contributed by atoms with Crippen molar-refractivity contribution in [3.8, 4) is 0 Å². The van der Waals surface area contributed by atoms with Crippen molar-refractivity contribution in [1.29, 1.82) is 0 Å². The molecule has 5 nitrogen and oxygen atoms in total. The number of carbonyl (C=O) groups is 1. The summed E-state index contributed by atoms with van der Waals surface area (Å²) in [7, 11) is 1.88. The number of hydrogen-bond donors (Lipinski definition) is 0. The van der Waals surface area contributed by atoms with Gasteiger partial charge in [-0.3, -0.25) is 4.79 Å². The lowest BCUT2D eigenvalue weighted by molar-refractivity contribution is 0.0678. The number of piperidine rings is 1. The molecule has 1 saturated heterocycles. The van der Waals surface area contributed by atoms with E-state index in [1.165, 1.54) is 0 Å². The molecule has 0 saturated carbocycles. The Balaban J connectivity index is 1.47. The molecule has 0 bridgehead atoms. The molecule has 0 atom stereocenters. The van der Waals surface area contributed by atoms with Crippen LogP contribution in [0.1, 0.15) is 29.0 Å². The molecule has 1 aliphatic rings. The summed E-state index contributed by atoms with van der Waals surface area (Å²) < 4.78 is 5.85. The molecule has 0 radical (unpaired) electrons. The van der Waals surface area contributed by atoms with Crippen LogP contribution in [0, 0.1) is 6.92 Å². The number of carbonyl (C=O) groups excluding carboxylic acids is 1. The highest BCUT2D eigenvalue weighted by atomic mass is 16.3. The number of pyridine rings is 1. The van der Waals surface area contributed by atoms with Gasteiger partial charge in [0, 0.05) is 43.3 Å². The highest BCUT2D eigenvalue weighted by Crippen LogP contribution is 2.27. The van der Waals surface area contributed by atoms with E-state index in [9.17, 15) is 4.79 Å². The number of fused-ring (bicyclic) bond motifs is 1. The van der Waals surface area contributed by atoms with Gasteiger partial charge in [-0.2, -0.15) is 0 Å². The minimum absolute atomic E-state index is 0.0324. The standard InChI is InChI=1S/C21H23N3O2/c1-15-17-7-3-4-8-18(17)26-20(15)21(25)23(2)16-10-13-24(14-11-16)19-9-5-6-12-22-19/h3-9,12,16H,10-11,13-14H2,1-2H3. The molecule has 26 heavy (non-hydrogen) atoms. The summed E-state index contributed by atoms with van der Waals surface area (Å²) in [5.41, 5.74) is 1.69. The Bertz CT molecular complexity index is 911. The average molecular weight is 349 g/mol. The van der Waals surface area contributed by atoms with Crippen LogP contribution < -0.4 is 4.90 Å². The molecule has 1 amide bonds. The Morgan fingerprint density at radius 1 is 1.15 bits per heavy atom. The second-order valence-electron chi connectivity index (χ2n) is 6.87. The summed E-state index contributed by atoms with van der Waals surface area (Å²) in [5.74, 6) is 1.43. The van der Waals surface area contributed by atoms with Gasteiger partial charge in [-0.1, -0.05) is 24.3 Å². The van der Waals surface area contributed by atoms with Crippen LogP contribution in [-0.2, 0) is 0 Å². The summed E-state index contributed by atoms with van der Waals surface area (Å²) in [6.45, 7) is 3.76. The number of rotatable bonds is 3. The maximum Gasteiger partial charge on any atom is 0.289 e. The number of anilines is 1. The van der Waals surface area contributed by atoms with Crippen molar-refractivity contribution in [1.82, 2.24) is 9.88 Å². The third-order valence-corrected chi connectivity index (χ3v) is 5.34. The number of furan rings is 1. The number of amides is 1. The van der Waals surface area contributed by atoms with Crippen LogP contribution >= 0.6 is 0 Å². The van der Waals surface area contributed by atoms with E-state index in [1.807, 2.05) is 67.5 Å². The van der Waals surface area contributed by atoms with Gasteiger partial charge < -0.3 is 14.2 Å². The van der Waals surface area contributed by atoms with E-state index in [2.05, 4.69) is 9.88 Å². The minimum Gasteiger partial charge on any atom is -0.451 e. The second kappa shape index (κ2) is 6.83. The Hall–Kier alpha value is -2.82. The number of hydrogen-bond acceptors (Lipinski definition) is 4. The van der Waals surface area contributed by atoms with Crippen LogP contribution in [0.2, 0.25) is 0 Å². The van der Waals surface area contributed by atoms with E-state index < -0.39 is 0 Å². The molecule has 2 aromatic heterocycles. The first-order chi connectivity index (χ1) is 12.6. The van der Waals surface area contributed by atoms with Gasteiger partial charge in [0.2, 0.25) is 0 Å². The largest absolute Gasteiger partial charge is 0.451 e. The SMILES string of the molecule is Cc1c(C(=O)N(C)C2CCN(c3ccccn3)CC2)oc2ccccc12. The molecular formula is C21H23N3O2. The molecule has 134 valence electrons. The van der Waals surface area contributed by atoms with Gasteiger partial charge in [-0.25, -0.2) is 4.98 Å². The Morgan fingerprint density at radius 2 is 1.88 bits per heavy atom. The number of para-hydroxylation sites is 1. The van der Waals surface area contributed by atoms with E-state index in [-0.39, 0.29) is 11.9 Å². The van der Waals surface area contributed by atoms with Crippen molar-refractivity contribution < 1.29 is 9.21 Å². The lowest BCUT2D eigenvalue weighted by Crippen LogP contribution is -2.45. The predicted molar refractivity (Wildman–Crippen MR) is 103 cm³/mol. The molecule has 5 heteroatoms. The number of aromatic nitrogens is 1. The molecule has 1 aromatic carbocycles. The van der Waals surface area contributed by atoms with Crippen LogP contribution in [-0.4, -0.2) is 42.0 Å². The zero-order valence-electron chi connectivity index (χ0n) is 15.2. The van der Waals surface area contributed by atoms with Gasteiger partial charge >= 0.3 is 0 Å². The van der Waals surface area contributed by atoms with Crippen LogP contribution in [0.5, 0.6) is 0 Å². The molecule has 3 heterocycles. The fourth-order valence-corrected chi connectivity index (χ4v) is 3.73. The first-order valence-corrected chi connectivity index (χ1v) is 9.06. The highest BCUT2D eigenvalue weighted by molar-refractivity contribution is 5.98. The number of nitrogens with zero attached hydrogens (tertiary/aromatic N) is 3. The van der Waals surface area contributed by atoms with Crippen LogP contribution in [0.3, 0.4) is 0 Å². The fraction of sp³-hybridized carbons (Fsp3) is 0.333. The summed E-state index contributed by atoms with van der Waals surface area (Å²) >= 11 is 0. The van der Waals surface area contributed by atoms with Gasteiger partial charge in [0.05, 0.1) is 0 Å². The van der Waals surface area contributed by atoms with E-state index in [4.69, 9.17) is 4.42 Å². The summed E-state index contributed by atoms with van der Waals surface area (Å²) in [5, 5.41) is 1.01. The maximum atomic E-state index is 13.0. The van der Waals surface area contributed by atoms with Gasteiger partial charge in [-0.05, 0) is 38.0 Å². The molecule has 1 fully saturated rings. The van der Waals surface area contributed by atoms with E-state index in [1.54, 1.807) is 0 Å². The molecule has 4 rings (SSSR count). The summed E-state index contributed by atoms with van der Waals surface area (Å²) in [6, 6.07) is 14.0. The van der Waals surface area contributed by atoms with Gasteiger partial charge in [0.1, 0.15) is 11.4 Å². The van der Waals surface area contributed by atoms with Gasteiger partial charge in [0.25, 0.3) is 5.91 Å². The maximum absolute atomic E-state index is 13.0. The highest BCUT2D eigenvalue weighted by Gasteiger charge is 2.29. The van der Waals surface area contributed by atoms with Crippen molar-refractivity contribution in [3.05, 3.63) is 60.0 Å². The normalized spacial score (nSPS) is 15.4. The van der Waals surface area contributed by atoms with Crippen molar-refractivity contribution in [3.63, 3.8) is 0 Å². The topological polar surface area (TPSA) is 49.6 Å². The first kappa shape index (κ1) is 16.6. The molecule has 0 N–H and O–H groups in total. The number of benzene rings is 1. The van der Waals surface area contributed by atoms with E-state index in [0.717, 1.165) is 48.3 Å². The van der Waals surface area contributed by atoms with Gasteiger partial charge in [-0.15, -0.1) is 0 Å². The molecule has 1 aliphatic heterocycles.